The van der Waals surface area contributed by atoms with Gasteiger partial charge in [-0.3, -0.25) is 4.79 Å². The molecule has 0 aliphatic rings. The Morgan fingerprint density at radius 1 is 1.12 bits per heavy atom. The molecule has 0 heterocycles. The number of carbonyl (C=O) groups excluding carboxylic acids is 1. The fraction of sp³-hybridized carbons (Fsp3) is 0.440. The molecule has 0 aliphatic heterocycles. The molecule has 0 radical (unpaired) electrons. The standard InChI is InChI=1S/C25H31ClFNO5/c1-24(2,3)33-23(32)28-19(15-25(4,11-12-29)22(30)31)13-16-5-7-17(8-6-16)20-14-18(26)9-10-21(20)27/h5-10,14,19,29H,11-13,15H2,1-4H3,(H,28,32)(H,30,31)/t19-,25-/m1/s1. The summed E-state index contributed by atoms with van der Waals surface area (Å²) in [6.45, 7) is 6.47. The van der Waals surface area contributed by atoms with Gasteiger partial charge in [0.1, 0.15) is 11.4 Å². The molecule has 2 atom stereocenters. The predicted octanol–water partition coefficient (Wildman–Crippen LogP) is 5.45. The number of hydrogen-bond donors (Lipinski definition) is 3. The molecular formula is C25H31ClFNO5. The minimum atomic E-state index is -1.24. The number of hydrogen-bond acceptors (Lipinski definition) is 4. The molecule has 0 saturated carbocycles. The Kier molecular flexibility index (Phi) is 8.86. The zero-order valence-corrected chi connectivity index (χ0v) is 20.1. The lowest BCUT2D eigenvalue weighted by Gasteiger charge is -2.30. The highest BCUT2D eigenvalue weighted by molar-refractivity contribution is 6.30. The van der Waals surface area contributed by atoms with Crippen molar-refractivity contribution in [1.82, 2.24) is 5.32 Å². The third-order valence-corrected chi connectivity index (χ3v) is 5.51. The fourth-order valence-electron chi connectivity index (χ4n) is 3.56. The molecule has 0 unspecified atom stereocenters. The summed E-state index contributed by atoms with van der Waals surface area (Å²) in [4.78, 5) is 24.3. The van der Waals surface area contributed by atoms with Crippen molar-refractivity contribution in [3.8, 4) is 11.1 Å². The average molecular weight is 480 g/mol. The summed E-state index contributed by atoms with van der Waals surface area (Å²) in [7, 11) is 0. The van der Waals surface area contributed by atoms with E-state index in [4.69, 9.17) is 16.3 Å². The van der Waals surface area contributed by atoms with Crippen molar-refractivity contribution < 1.29 is 28.9 Å². The van der Waals surface area contributed by atoms with E-state index in [1.807, 2.05) is 0 Å². The molecule has 2 aromatic carbocycles. The quantitative estimate of drug-likeness (QED) is 0.444. The number of carboxylic acid groups (broad SMARTS) is 1. The van der Waals surface area contributed by atoms with E-state index in [0.29, 0.717) is 22.6 Å². The average Bonchev–Trinajstić information content (AvgIpc) is 2.69. The number of carboxylic acids is 1. The Hall–Kier alpha value is -2.64. The number of halogens is 2. The number of amides is 1. The highest BCUT2D eigenvalue weighted by atomic mass is 35.5. The van der Waals surface area contributed by atoms with Crippen molar-refractivity contribution in [2.75, 3.05) is 6.61 Å². The minimum absolute atomic E-state index is 0.0435. The van der Waals surface area contributed by atoms with Crippen LogP contribution in [0.4, 0.5) is 9.18 Å². The van der Waals surface area contributed by atoms with Gasteiger partial charge in [0.05, 0.1) is 5.41 Å². The van der Waals surface area contributed by atoms with Crippen LogP contribution in [0.15, 0.2) is 42.5 Å². The third-order valence-electron chi connectivity index (χ3n) is 5.27. The van der Waals surface area contributed by atoms with Gasteiger partial charge in [-0.15, -0.1) is 0 Å². The van der Waals surface area contributed by atoms with Crippen molar-refractivity contribution in [2.45, 2.75) is 58.6 Å². The van der Waals surface area contributed by atoms with E-state index in [0.717, 1.165) is 5.56 Å². The number of alkyl carbamates (subject to hydrolysis) is 1. The number of nitrogens with one attached hydrogen (secondary N) is 1. The zero-order chi connectivity index (χ0) is 24.8. The SMILES string of the molecule is CC(C)(C)OC(=O)N[C@H](Cc1ccc(-c2cc(Cl)ccc2F)cc1)C[C@@](C)(CCO)C(=O)O. The van der Waals surface area contributed by atoms with E-state index in [1.54, 1.807) is 58.0 Å². The van der Waals surface area contributed by atoms with Crippen LogP contribution in [0.1, 0.15) is 46.1 Å². The summed E-state index contributed by atoms with van der Waals surface area (Å²) in [5.74, 6) is -1.45. The van der Waals surface area contributed by atoms with Crippen molar-refractivity contribution in [2.24, 2.45) is 5.41 Å². The van der Waals surface area contributed by atoms with Crippen molar-refractivity contribution in [1.29, 1.82) is 0 Å². The summed E-state index contributed by atoms with van der Waals surface area (Å²) in [5.41, 5.74) is -0.111. The first-order chi connectivity index (χ1) is 15.3. The van der Waals surface area contributed by atoms with Gasteiger partial charge in [0.15, 0.2) is 0 Å². The van der Waals surface area contributed by atoms with Gasteiger partial charge in [-0.05, 0) is 76.3 Å². The van der Waals surface area contributed by atoms with E-state index < -0.39 is 34.9 Å². The number of benzene rings is 2. The first-order valence-corrected chi connectivity index (χ1v) is 11.1. The molecule has 6 nitrogen and oxygen atoms in total. The van der Waals surface area contributed by atoms with Crippen LogP contribution in [-0.4, -0.2) is 40.5 Å². The van der Waals surface area contributed by atoms with E-state index in [9.17, 15) is 24.2 Å². The molecule has 2 aromatic rings. The van der Waals surface area contributed by atoms with Gasteiger partial charge in [-0.2, -0.15) is 0 Å². The van der Waals surface area contributed by atoms with Crippen molar-refractivity contribution in [3.05, 3.63) is 58.9 Å². The van der Waals surface area contributed by atoms with Gasteiger partial charge in [-0.25, -0.2) is 9.18 Å². The lowest BCUT2D eigenvalue weighted by atomic mass is 9.79. The molecule has 33 heavy (non-hydrogen) atoms. The molecule has 0 saturated heterocycles. The van der Waals surface area contributed by atoms with E-state index in [-0.39, 0.29) is 19.4 Å². The van der Waals surface area contributed by atoms with Crippen LogP contribution in [0.3, 0.4) is 0 Å². The van der Waals surface area contributed by atoms with Crippen LogP contribution in [-0.2, 0) is 16.0 Å². The predicted molar refractivity (Wildman–Crippen MR) is 126 cm³/mol. The Bertz CT molecular complexity index is 974. The Labute approximate surface area is 198 Å². The molecule has 2 rings (SSSR count). The Balaban J connectivity index is 2.26. The van der Waals surface area contributed by atoms with Crippen LogP contribution in [0.25, 0.3) is 11.1 Å². The lowest BCUT2D eigenvalue weighted by molar-refractivity contribution is -0.149. The monoisotopic (exact) mass is 479 g/mol. The number of aliphatic hydroxyl groups excluding tert-OH is 1. The van der Waals surface area contributed by atoms with Crippen LogP contribution in [0.2, 0.25) is 5.02 Å². The summed E-state index contributed by atoms with van der Waals surface area (Å²) >= 11 is 5.99. The zero-order valence-electron chi connectivity index (χ0n) is 19.3. The van der Waals surface area contributed by atoms with E-state index in [1.165, 1.54) is 12.1 Å². The molecule has 3 N–H and O–H groups in total. The van der Waals surface area contributed by atoms with Crippen LogP contribution in [0.5, 0.6) is 0 Å². The second-order valence-corrected chi connectivity index (χ2v) is 9.85. The van der Waals surface area contributed by atoms with Gasteiger partial charge in [0.25, 0.3) is 0 Å². The van der Waals surface area contributed by atoms with Crippen molar-refractivity contribution >= 4 is 23.7 Å². The first-order valence-electron chi connectivity index (χ1n) is 10.7. The maximum absolute atomic E-state index is 14.2. The molecule has 180 valence electrons. The van der Waals surface area contributed by atoms with Crippen LogP contribution in [0, 0.1) is 11.2 Å². The molecule has 8 heteroatoms. The number of aliphatic hydroxyl groups is 1. The smallest absolute Gasteiger partial charge is 0.407 e. The number of carbonyl (C=O) groups is 2. The second-order valence-electron chi connectivity index (χ2n) is 9.41. The van der Waals surface area contributed by atoms with Gasteiger partial charge < -0.3 is 20.3 Å². The topological polar surface area (TPSA) is 95.9 Å². The Morgan fingerprint density at radius 2 is 1.76 bits per heavy atom. The number of ether oxygens (including phenoxy) is 1. The first kappa shape index (κ1) is 26.6. The minimum Gasteiger partial charge on any atom is -0.481 e. The summed E-state index contributed by atoms with van der Waals surface area (Å²) in [6.07, 6.45) is -0.192. The molecule has 1 amide bonds. The van der Waals surface area contributed by atoms with Gasteiger partial charge >= 0.3 is 12.1 Å². The summed E-state index contributed by atoms with van der Waals surface area (Å²) in [5, 5.41) is 22.3. The number of aliphatic carboxylic acids is 1. The molecular weight excluding hydrogens is 449 g/mol. The maximum Gasteiger partial charge on any atom is 0.407 e. The van der Waals surface area contributed by atoms with E-state index >= 15 is 0 Å². The molecule has 0 fully saturated rings. The van der Waals surface area contributed by atoms with Crippen molar-refractivity contribution in [3.63, 3.8) is 0 Å². The Morgan fingerprint density at radius 3 is 2.30 bits per heavy atom. The molecule has 0 aromatic heterocycles. The highest BCUT2D eigenvalue weighted by Crippen LogP contribution is 2.30. The second kappa shape index (κ2) is 11.0. The lowest BCUT2D eigenvalue weighted by Crippen LogP contribution is -2.44. The highest BCUT2D eigenvalue weighted by Gasteiger charge is 2.36. The summed E-state index contributed by atoms with van der Waals surface area (Å²) in [6, 6.07) is 10.9. The maximum atomic E-state index is 14.2. The molecule has 0 aliphatic carbocycles. The summed E-state index contributed by atoms with van der Waals surface area (Å²) < 4.78 is 19.5. The normalized spacial score (nSPS) is 14.3. The van der Waals surface area contributed by atoms with Gasteiger partial charge in [-0.1, -0.05) is 35.9 Å². The van der Waals surface area contributed by atoms with E-state index in [2.05, 4.69) is 5.32 Å². The number of rotatable bonds is 9. The molecule has 0 bridgehead atoms. The van der Waals surface area contributed by atoms with Crippen LogP contribution >= 0.6 is 11.6 Å². The van der Waals surface area contributed by atoms with Gasteiger partial charge in [0, 0.05) is 23.2 Å². The fourth-order valence-corrected chi connectivity index (χ4v) is 3.73. The largest absolute Gasteiger partial charge is 0.481 e. The van der Waals surface area contributed by atoms with Gasteiger partial charge in [0.2, 0.25) is 0 Å². The molecule has 0 spiro atoms. The third kappa shape index (κ3) is 8.02. The van der Waals surface area contributed by atoms with Crippen LogP contribution < -0.4 is 5.32 Å².